The Morgan fingerprint density at radius 3 is 2.23 bits per heavy atom. The minimum Gasteiger partial charge on any atom is -0.477 e. The van der Waals surface area contributed by atoms with Crippen molar-refractivity contribution in [2.24, 2.45) is 11.8 Å². The highest BCUT2D eigenvalue weighted by atomic mass is 16.5. The minimum atomic E-state index is 0.602. The summed E-state index contributed by atoms with van der Waals surface area (Å²) in [5.41, 5.74) is 3.45. The van der Waals surface area contributed by atoms with Crippen LogP contribution in [-0.4, -0.2) is 16.8 Å². The van der Waals surface area contributed by atoms with Gasteiger partial charge in [0.1, 0.15) is 0 Å². The average Bonchev–Trinajstić information content (AvgIpc) is 2.72. The van der Waals surface area contributed by atoms with E-state index >= 15 is 0 Å². The van der Waals surface area contributed by atoms with Gasteiger partial charge >= 0.3 is 0 Å². The number of benzene rings is 1. The predicted molar refractivity (Wildman–Crippen MR) is 107 cm³/mol. The van der Waals surface area contributed by atoms with E-state index in [2.05, 4.69) is 48.3 Å². The highest BCUT2D eigenvalue weighted by Gasteiger charge is 2.19. The van der Waals surface area contributed by atoms with Crippen LogP contribution in [0.25, 0.3) is 11.3 Å². The summed E-state index contributed by atoms with van der Waals surface area (Å²) in [6.45, 7) is 5.10. The second-order valence-electron chi connectivity index (χ2n) is 7.64. The maximum atomic E-state index is 5.49. The molecule has 3 nitrogen and oxygen atoms in total. The topological polar surface area (TPSA) is 35.0 Å². The second-order valence-corrected chi connectivity index (χ2v) is 7.64. The summed E-state index contributed by atoms with van der Waals surface area (Å²) < 4.78 is 5.49. The van der Waals surface area contributed by atoms with Crippen LogP contribution in [0.5, 0.6) is 5.88 Å². The fourth-order valence-corrected chi connectivity index (χ4v) is 3.90. The maximum Gasteiger partial charge on any atom is 0.233 e. The Morgan fingerprint density at radius 1 is 0.885 bits per heavy atom. The highest BCUT2D eigenvalue weighted by Crippen LogP contribution is 2.33. The van der Waals surface area contributed by atoms with E-state index < -0.39 is 0 Å². The fourth-order valence-electron chi connectivity index (χ4n) is 3.90. The summed E-state index contributed by atoms with van der Waals surface area (Å²) in [5.74, 6) is 2.52. The lowest BCUT2D eigenvalue weighted by Crippen LogP contribution is -2.14. The molecular formula is C23H32N2O. The molecule has 0 unspecified atom stereocenters. The minimum absolute atomic E-state index is 0.602. The lowest BCUT2D eigenvalue weighted by molar-refractivity contribution is 0.259. The fraction of sp³-hybridized carbons (Fsp3) is 0.565. The summed E-state index contributed by atoms with van der Waals surface area (Å²) >= 11 is 0. The lowest BCUT2D eigenvalue weighted by atomic mass is 9.78. The van der Waals surface area contributed by atoms with Gasteiger partial charge in [0.15, 0.2) is 0 Å². The third-order valence-electron chi connectivity index (χ3n) is 5.73. The van der Waals surface area contributed by atoms with Gasteiger partial charge in [-0.1, -0.05) is 70.2 Å². The van der Waals surface area contributed by atoms with Crippen LogP contribution in [0.15, 0.2) is 36.4 Å². The molecule has 1 aliphatic rings. The lowest BCUT2D eigenvalue weighted by Gasteiger charge is -2.27. The van der Waals surface area contributed by atoms with Crippen LogP contribution >= 0.6 is 0 Å². The molecule has 3 rings (SSSR count). The van der Waals surface area contributed by atoms with Crippen molar-refractivity contribution in [2.75, 3.05) is 6.61 Å². The number of nitrogens with zero attached hydrogens (tertiary/aromatic N) is 2. The molecule has 1 heterocycles. The molecular weight excluding hydrogens is 320 g/mol. The molecule has 0 atom stereocenters. The normalized spacial score (nSPS) is 20.1. The zero-order valence-corrected chi connectivity index (χ0v) is 16.3. The third kappa shape index (κ3) is 5.30. The van der Waals surface area contributed by atoms with Gasteiger partial charge in [0.25, 0.3) is 0 Å². The molecule has 0 bridgehead atoms. The first-order valence-electron chi connectivity index (χ1n) is 10.3. The third-order valence-corrected chi connectivity index (χ3v) is 5.73. The van der Waals surface area contributed by atoms with Crippen molar-refractivity contribution in [3.63, 3.8) is 0 Å². The molecule has 1 saturated carbocycles. The van der Waals surface area contributed by atoms with Crippen LogP contribution in [0.3, 0.4) is 0 Å². The van der Waals surface area contributed by atoms with Crippen LogP contribution in [0.1, 0.15) is 64.4 Å². The summed E-state index contributed by atoms with van der Waals surface area (Å²) in [4.78, 5) is 0. The van der Waals surface area contributed by atoms with E-state index in [-0.39, 0.29) is 0 Å². The molecule has 3 heteroatoms. The van der Waals surface area contributed by atoms with Crippen molar-refractivity contribution in [3.8, 4) is 17.1 Å². The Morgan fingerprint density at radius 2 is 1.62 bits per heavy atom. The Bertz CT molecular complexity index is 643. The molecule has 0 spiro atoms. The Labute approximate surface area is 158 Å². The summed E-state index contributed by atoms with van der Waals surface area (Å²) in [6.07, 6.45) is 10.6. The van der Waals surface area contributed by atoms with E-state index in [1.807, 2.05) is 12.1 Å². The predicted octanol–water partition coefficient (Wildman–Crippen LogP) is 6.08. The molecule has 0 aliphatic heterocycles. The van der Waals surface area contributed by atoms with E-state index in [9.17, 15) is 0 Å². The number of hydrogen-bond donors (Lipinski definition) is 0. The van der Waals surface area contributed by atoms with Crippen molar-refractivity contribution in [1.29, 1.82) is 0 Å². The van der Waals surface area contributed by atoms with Gasteiger partial charge in [-0.15, -0.1) is 10.2 Å². The molecule has 26 heavy (non-hydrogen) atoms. The van der Waals surface area contributed by atoms with Crippen LogP contribution in [0.2, 0.25) is 0 Å². The Hall–Kier alpha value is -1.90. The largest absolute Gasteiger partial charge is 0.477 e. The number of aromatic nitrogens is 2. The number of hydrogen-bond acceptors (Lipinski definition) is 3. The van der Waals surface area contributed by atoms with Crippen molar-refractivity contribution in [2.45, 2.75) is 65.2 Å². The van der Waals surface area contributed by atoms with Gasteiger partial charge in [0, 0.05) is 11.6 Å². The molecule has 140 valence electrons. The van der Waals surface area contributed by atoms with Crippen molar-refractivity contribution < 1.29 is 4.74 Å². The first kappa shape index (κ1) is 18.9. The van der Waals surface area contributed by atoms with E-state index in [0.717, 1.165) is 29.5 Å². The average molecular weight is 353 g/mol. The van der Waals surface area contributed by atoms with E-state index in [4.69, 9.17) is 4.74 Å². The quantitative estimate of drug-likeness (QED) is 0.577. The number of ether oxygens (including phenoxy) is 1. The Balaban J connectivity index is 1.50. The van der Waals surface area contributed by atoms with Crippen LogP contribution in [0, 0.1) is 11.8 Å². The van der Waals surface area contributed by atoms with Gasteiger partial charge in [-0.05, 0) is 42.7 Å². The highest BCUT2D eigenvalue weighted by molar-refractivity contribution is 5.59. The molecule has 0 radical (unpaired) electrons. The van der Waals surface area contributed by atoms with Crippen molar-refractivity contribution in [1.82, 2.24) is 10.2 Å². The molecule has 1 aliphatic carbocycles. The Kier molecular flexibility index (Phi) is 7.04. The van der Waals surface area contributed by atoms with Gasteiger partial charge in [-0.3, -0.25) is 0 Å². The van der Waals surface area contributed by atoms with E-state index in [1.54, 1.807) is 0 Å². The maximum absolute atomic E-state index is 5.49. The zero-order chi connectivity index (χ0) is 18.2. The van der Waals surface area contributed by atoms with E-state index in [1.165, 1.54) is 50.5 Å². The zero-order valence-electron chi connectivity index (χ0n) is 16.3. The van der Waals surface area contributed by atoms with Crippen LogP contribution < -0.4 is 4.74 Å². The second kappa shape index (κ2) is 9.70. The molecule has 1 aromatic carbocycles. The first-order chi connectivity index (χ1) is 12.8. The summed E-state index contributed by atoms with van der Waals surface area (Å²) in [7, 11) is 0. The molecule has 1 aromatic heterocycles. The molecule has 2 aromatic rings. The van der Waals surface area contributed by atoms with Gasteiger partial charge in [0.05, 0.1) is 12.3 Å². The first-order valence-corrected chi connectivity index (χ1v) is 10.3. The van der Waals surface area contributed by atoms with Gasteiger partial charge in [-0.2, -0.15) is 0 Å². The van der Waals surface area contributed by atoms with Crippen LogP contribution in [0.4, 0.5) is 0 Å². The molecule has 0 N–H and O–H groups in total. The van der Waals surface area contributed by atoms with Gasteiger partial charge in [0.2, 0.25) is 5.88 Å². The van der Waals surface area contributed by atoms with Crippen molar-refractivity contribution >= 4 is 0 Å². The summed E-state index contributed by atoms with van der Waals surface area (Å²) in [6, 6.07) is 12.7. The number of aryl methyl sites for hydroxylation is 1. The van der Waals surface area contributed by atoms with Crippen molar-refractivity contribution in [3.05, 3.63) is 42.0 Å². The monoisotopic (exact) mass is 352 g/mol. The van der Waals surface area contributed by atoms with E-state index in [0.29, 0.717) is 12.5 Å². The molecule has 1 fully saturated rings. The van der Waals surface area contributed by atoms with Gasteiger partial charge < -0.3 is 4.74 Å². The summed E-state index contributed by atoms with van der Waals surface area (Å²) in [5, 5.41) is 8.44. The smallest absolute Gasteiger partial charge is 0.233 e. The molecule has 0 amide bonds. The molecule has 0 saturated heterocycles. The van der Waals surface area contributed by atoms with Gasteiger partial charge in [-0.25, -0.2) is 0 Å². The van der Waals surface area contributed by atoms with Crippen LogP contribution in [-0.2, 0) is 6.42 Å². The standard InChI is InChI=1S/C23H32N2O/c1-3-17-26-23-16-15-22(24-25-23)21-13-11-20(12-14-21)10-9-19-7-5-18(4-2)6-8-19/h11-16,18-19H,3-10,17H2,1-2H3/t18-,19-. The number of rotatable bonds is 8. The SMILES string of the molecule is CCCOc1ccc(-c2ccc(CC[C@H]3CC[C@H](CC)CC3)cc2)nn1.